The lowest BCUT2D eigenvalue weighted by Crippen LogP contribution is -2.27. The molecule has 0 saturated heterocycles. The van der Waals surface area contributed by atoms with Crippen LogP contribution in [0.5, 0.6) is 0 Å². The quantitative estimate of drug-likeness (QED) is 0.772. The zero-order valence-electron chi connectivity index (χ0n) is 9.81. The van der Waals surface area contributed by atoms with Crippen molar-refractivity contribution in [3.05, 3.63) is 21.6 Å². The van der Waals surface area contributed by atoms with Crippen molar-refractivity contribution in [2.45, 2.75) is 19.6 Å². The van der Waals surface area contributed by atoms with Crippen LogP contribution in [0, 0.1) is 0 Å². The number of aromatic nitrogens is 2. The van der Waals surface area contributed by atoms with Crippen LogP contribution in [0.15, 0.2) is 11.0 Å². The third kappa shape index (κ3) is 3.99. The van der Waals surface area contributed by atoms with Gasteiger partial charge in [-0.05, 0) is 6.92 Å². The maximum absolute atomic E-state index is 11.8. The van der Waals surface area contributed by atoms with Crippen LogP contribution in [-0.4, -0.2) is 41.3 Å². The van der Waals surface area contributed by atoms with E-state index in [4.69, 9.17) is 21.4 Å². The molecule has 1 atom stereocenters. The molecule has 2 N–H and O–H groups in total. The van der Waals surface area contributed by atoms with Gasteiger partial charge in [0.15, 0.2) is 0 Å². The molecule has 1 aromatic rings. The van der Waals surface area contributed by atoms with Gasteiger partial charge in [-0.3, -0.25) is 4.79 Å². The van der Waals surface area contributed by atoms with Gasteiger partial charge in [-0.15, -0.1) is 0 Å². The van der Waals surface area contributed by atoms with Crippen LogP contribution >= 0.6 is 11.6 Å². The van der Waals surface area contributed by atoms with Crippen LogP contribution in [0.4, 0.5) is 5.69 Å². The number of ether oxygens (including phenoxy) is 1. The monoisotopic (exact) mass is 261 g/mol. The highest BCUT2D eigenvalue weighted by Crippen LogP contribution is 2.14. The molecule has 0 aliphatic carbocycles. The number of hydrogen-bond donors (Lipinski definition) is 2. The third-order valence-electron chi connectivity index (χ3n) is 2.08. The molecule has 96 valence electrons. The summed E-state index contributed by atoms with van der Waals surface area (Å²) in [5, 5.41) is 16.0. The number of aliphatic hydroxyl groups is 1. The van der Waals surface area contributed by atoms with Gasteiger partial charge in [0, 0.05) is 13.7 Å². The molecule has 0 radical (unpaired) electrons. The number of methoxy groups -OCH3 is 1. The van der Waals surface area contributed by atoms with Crippen LogP contribution < -0.4 is 10.9 Å². The van der Waals surface area contributed by atoms with Crippen molar-refractivity contribution in [1.82, 2.24) is 9.78 Å². The molecule has 17 heavy (non-hydrogen) atoms. The first-order chi connectivity index (χ1) is 8.06. The average molecular weight is 262 g/mol. The fraction of sp³-hybridized carbons (Fsp3) is 0.600. The molecular formula is C10H16ClN3O3. The SMILES string of the molecule is COCCn1ncc(NCC(C)O)c(Cl)c1=O. The molecule has 1 rings (SSSR count). The predicted molar refractivity (Wildman–Crippen MR) is 65.6 cm³/mol. The van der Waals surface area contributed by atoms with Crippen molar-refractivity contribution in [1.29, 1.82) is 0 Å². The highest BCUT2D eigenvalue weighted by Gasteiger charge is 2.09. The zero-order valence-corrected chi connectivity index (χ0v) is 10.6. The van der Waals surface area contributed by atoms with Crippen molar-refractivity contribution in [3.63, 3.8) is 0 Å². The Morgan fingerprint density at radius 2 is 2.41 bits per heavy atom. The van der Waals surface area contributed by atoms with Crippen molar-refractivity contribution in [3.8, 4) is 0 Å². The molecule has 0 amide bonds. The van der Waals surface area contributed by atoms with E-state index in [0.29, 0.717) is 25.4 Å². The number of anilines is 1. The van der Waals surface area contributed by atoms with E-state index in [-0.39, 0.29) is 10.6 Å². The summed E-state index contributed by atoms with van der Waals surface area (Å²) in [6.07, 6.45) is 0.934. The zero-order chi connectivity index (χ0) is 12.8. The van der Waals surface area contributed by atoms with Crippen LogP contribution in [0.1, 0.15) is 6.92 Å². The van der Waals surface area contributed by atoms with Gasteiger partial charge >= 0.3 is 0 Å². The third-order valence-corrected chi connectivity index (χ3v) is 2.45. The molecule has 6 nitrogen and oxygen atoms in total. The molecule has 0 aliphatic heterocycles. The molecule has 1 heterocycles. The second-order valence-corrected chi connectivity index (χ2v) is 4.00. The molecule has 1 aromatic heterocycles. The van der Waals surface area contributed by atoms with Crippen molar-refractivity contribution >= 4 is 17.3 Å². The normalized spacial score (nSPS) is 12.5. The number of rotatable bonds is 6. The van der Waals surface area contributed by atoms with Gasteiger partial charge in [0.25, 0.3) is 5.56 Å². The number of nitrogens with zero attached hydrogens (tertiary/aromatic N) is 2. The van der Waals surface area contributed by atoms with E-state index in [2.05, 4.69) is 10.4 Å². The molecule has 1 unspecified atom stereocenters. The summed E-state index contributed by atoms with van der Waals surface area (Å²) in [4.78, 5) is 11.8. The number of aliphatic hydroxyl groups excluding tert-OH is 1. The molecule has 0 aromatic carbocycles. The first-order valence-corrected chi connectivity index (χ1v) is 5.60. The van der Waals surface area contributed by atoms with Gasteiger partial charge in [0.2, 0.25) is 0 Å². The second kappa shape index (κ2) is 6.58. The van der Waals surface area contributed by atoms with E-state index in [1.54, 1.807) is 14.0 Å². The van der Waals surface area contributed by atoms with Crippen molar-refractivity contribution < 1.29 is 9.84 Å². The minimum Gasteiger partial charge on any atom is -0.392 e. The van der Waals surface area contributed by atoms with Crippen molar-refractivity contribution in [2.24, 2.45) is 0 Å². The fourth-order valence-electron chi connectivity index (χ4n) is 1.18. The predicted octanol–water partition coefficient (Wildman–Crippen LogP) is 0.336. The van der Waals surface area contributed by atoms with E-state index in [0.717, 1.165) is 0 Å². The second-order valence-electron chi connectivity index (χ2n) is 3.62. The number of hydrogen-bond acceptors (Lipinski definition) is 5. The van der Waals surface area contributed by atoms with Gasteiger partial charge in [-0.25, -0.2) is 4.68 Å². The molecule has 0 saturated carbocycles. The summed E-state index contributed by atoms with van der Waals surface area (Å²) in [5.41, 5.74) is 0.0468. The Labute approximate surface area is 104 Å². The van der Waals surface area contributed by atoms with E-state index in [1.807, 2.05) is 0 Å². The lowest BCUT2D eigenvalue weighted by molar-refractivity contribution is 0.182. The number of nitrogens with one attached hydrogen (secondary N) is 1. The molecule has 7 heteroatoms. The smallest absolute Gasteiger partial charge is 0.287 e. The summed E-state index contributed by atoms with van der Waals surface area (Å²) in [5.74, 6) is 0. The summed E-state index contributed by atoms with van der Waals surface area (Å²) in [6.45, 7) is 2.69. The lowest BCUT2D eigenvalue weighted by atomic mass is 10.4. The van der Waals surface area contributed by atoms with Gasteiger partial charge in [-0.2, -0.15) is 5.10 Å². The highest BCUT2D eigenvalue weighted by molar-refractivity contribution is 6.32. The van der Waals surface area contributed by atoms with Crippen LogP contribution in [-0.2, 0) is 11.3 Å². The maximum atomic E-state index is 11.8. The lowest BCUT2D eigenvalue weighted by Gasteiger charge is -2.11. The van der Waals surface area contributed by atoms with Gasteiger partial charge in [0.1, 0.15) is 5.02 Å². The molecule has 0 aliphatic rings. The largest absolute Gasteiger partial charge is 0.392 e. The summed E-state index contributed by atoms with van der Waals surface area (Å²) >= 11 is 5.90. The Balaban J connectivity index is 2.83. The maximum Gasteiger partial charge on any atom is 0.287 e. The standard InChI is InChI=1S/C10H16ClN3O3/c1-7(15)5-12-8-6-13-14(3-4-17-2)10(16)9(8)11/h6-7,12,15H,3-5H2,1-2H3. The Bertz CT molecular complexity index is 420. The van der Waals surface area contributed by atoms with E-state index >= 15 is 0 Å². The Morgan fingerprint density at radius 3 is 3.00 bits per heavy atom. The summed E-state index contributed by atoms with van der Waals surface area (Å²) < 4.78 is 6.09. The van der Waals surface area contributed by atoms with E-state index in [9.17, 15) is 4.79 Å². The van der Waals surface area contributed by atoms with Gasteiger partial charge in [-0.1, -0.05) is 11.6 Å². The van der Waals surface area contributed by atoms with Crippen molar-refractivity contribution in [2.75, 3.05) is 25.6 Å². The highest BCUT2D eigenvalue weighted by atomic mass is 35.5. The number of halogens is 1. The van der Waals surface area contributed by atoms with Gasteiger partial charge < -0.3 is 15.2 Å². The molecular weight excluding hydrogens is 246 g/mol. The van der Waals surface area contributed by atoms with Crippen LogP contribution in [0.3, 0.4) is 0 Å². The Morgan fingerprint density at radius 1 is 1.71 bits per heavy atom. The minimum absolute atomic E-state index is 0.0664. The Kier molecular flexibility index (Phi) is 5.40. The topological polar surface area (TPSA) is 76.4 Å². The van der Waals surface area contributed by atoms with Crippen LogP contribution in [0.25, 0.3) is 0 Å². The molecule has 0 fully saturated rings. The minimum atomic E-state index is -0.526. The molecule has 0 bridgehead atoms. The first-order valence-electron chi connectivity index (χ1n) is 5.22. The molecule has 0 spiro atoms. The van der Waals surface area contributed by atoms with E-state index in [1.165, 1.54) is 10.9 Å². The van der Waals surface area contributed by atoms with Gasteiger partial charge in [0.05, 0.1) is 31.1 Å². The summed E-state index contributed by atoms with van der Waals surface area (Å²) in [6, 6.07) is 0. The average Bonchev–Trinajstić information content (AvgIpc) is 2.29. The summed E-state index contributed by atoms with van der Waals surface area (Å²) in [7, 11) is 1.55. The van der Waals surface area contributed by atoms with E-state index < -0.39 is 6.10 Å². The van der Waals surface area contributed by atoms with Crippen LogP contribution in [0.2, 0.25) is 5.02 Å². The Hall–Kier alpha value is -1.11. The fourth-order valence-corrected chi connectivity index (χ4v) is 1.40. The first kappa shape index (κ1) is 14.0.